The summed E-state index contributed by atoms with van der Waals surface area (Å²) < 4.78 is 39.3. The van der Waals surface area contributed by atoms with Gasteiger partial charge in [-0.15, -0.1) is 0 Å². The van der Waals surface area contributed by atoms with Crippen LogP contribution in [0.4, 0.5) is 8.78 Å². The third kappa shape index (κ3) is 3.85. The van der Waals surface area contributed by atoms with Crippen LogP contribution in [0.25, 0.3) is 0 Å². The second-order valence-corrected chi connectivity index (χ2v) is 4.93. The molecule has 2 rings (SSSR count). The number of hydrogen-bond donors (Lipinski definition) is 1. The first-order valence-corrected chi connectivity index (χ1v) is 7.08. The second kappa shape index (κ2) is 7.40. The monoisotopic (exact) mass is 315 g/mol. The molecule has 2 atom stereocenters. The molecule has 0 aromatic heterocycles. The van der Waals surface area contributed by atoms with E-state index >= 15 is 0 Å². The van der Waals surface area contributed by atoms with E-state index in [0.29, 0.717) is 19.6 Å². The van der Waals surface area contributed by atoms with Gasteiger partial charge >= 0.3 is 12.6 Å². The van der Waals surface area contributed by atoms with Gasteiger partial charge in [0.15, 0.2) is 11.5 Å². The molecule has 7 heteroatoms. The fourth-order valence-corrected chi connectivity index (χ4v) is 2.55. The highest BCUT2D eigenvalue weighted by molar-refractivity contribution is 5.76. The Kier molecular flexibility index (Phi) is 5.54. The van der Waals surface area contributed by atoms with Gasteiger partial charge in [0.1, 0.15) is 6.04 Å². The molecular weight excluding hydrogens is 296 g/mol. The van der Waals surface area contributed by atoms with Gasteiger partial charge in [-0.05, 0) is 37.0 Å². The molecule has 122 valence electrons. The number of ether oxygens (including phenoxy) is 3. The molecule has 0 spiro atoms. The predicted molar refractivity (Wildman–Crippen MR) is 75.4 cm³/mol. The first-order chi connectivity index (χ1) is 10.5. The smallest absolute Gasteiger partial charge is 0.387 e. The number of carbonyl (C=O) groups excluding carboxylic acids is 1. The normalized spacial score (nSPS) is 21.0. The van der Waals surface area contributed by atoms with Crippen molar-refractivity contribution in [3.8, 4) is 11.5 Å². The Morgan fingerprint density at radius 1 is 1.41 bits per heavy atom. The van der Waals surface area contributed by atoms with Gasteiger partial charge in [0.2, 0.25) is 0 Å². The van der Waals surface area contributed by atoms with Crippen LogP contribution >= 0.6 is 0 Å². The lowest BCUT2D eigenvalue weighted by Crippen LogP contribution is -2.31. The zero-order valence-corrected chi connectivity index (χ0v) is 12.5. The quantitative estimate of drug-likeness (QED) is 0.816. The third-order valence-corrected chi connectivity index (χ3v) is 3.57. The summed E-state index contributed by atoms with van der Waals surface area (Å²) in [7, 11) is 1.35. The Morgan fingerprint density at radius 3 is 2.82 bits per heavy atom. The number of methoxy groups -OCH3 is 1. The highest BCUT2D eigenvalue weighted by Gasteiger charge is 2.31. The molecule has 0 saturated carbocycles. The average Bonchev–Trinajstić information content (AvgIpc) is 2.98. The Morgan fingerprint density at radius 2 is 2.18 bits per heavy atom. The number of alkyl halides is 2. The molecule has 1 aliphatic heterocycles. The Bertz CT molecular complexity index is 524. The molecule has 1 saturated heterocycles. The minimum atomic E-state index is -2.90. The van der Waals surface area contributed by atoms with Gasteiger partial charge in [-0.2, -0.15) is 8.78 Å². The van der Waals surface area contributed by atoms with Gasteiger partial charge in [0.05, 0.1) is 13.7 Å². The molecular formula is C15H19F2NO4. The largest absolute Gasteiger partial charge is 0.490 e. The number of halogens is 2. The maximum Gasteiger partial charge on any atom is 0.387 e. The number of hydrogen-bond acceptors (Lipinski definition) is 5. The number of benzene rings is 1. The molecule has 1 fully saturated rings. The average molecular weight is 315 g/mol. The van der Waals surface area contributed by atoms with Crippen molar-refractivity contribution in [1.29, 1.82) is 0 Å². The number of carbonyl (C=O) groups is 1. The van der Waals surface area contributed by atoms with E-state index in [1.165, 1.54) is 13.2 Å². The Hall–Kier alpha value is -1.89. The predicted octanol–water partition coefficient (Wildman–Crippen LogP) is 2.31. The van der Waals surface area contributed by atoms with Crippen LogP contribution in [0.15, 0.2) is 18.2 Å². The van der Waals surface area contributed by atoms with E-state index in [2.05, 4.69) is 10.1 Å². The van der Waals surface area contributed by atoms with E-state index in [4.69, 9.17) is 9.47 Å². The molecule has 1 unspecified atom stereocenters. The van der Waals surface area contributed by atoms with E-state index in [0.717, 1.165) is 5.56 Å². The van der Waals surface area contributed by atoms with Crippen LogP contribution in [0.5, 0.6) is 11.5 Å². The van der Waals surface area contributed by atoms with Crippen LogP contribution in [0.3, 0.4) is 0 Å². The number of rotatable bonds is 6. The lowest BCUT2D eigenvalue weighted by molar-refractivity contribution is -0.142. The number of nitrogens with one attached hydrogen (secondary N) is 1. The van der Waals surface area contributed by atoms with Crippen molar-refractivity contribution < 1.29 is 27.8 Å². The summed E-state index contributed by atoms with van der Waals surface area (Å²) in [6.45, 7) is -0.178. The molecule has 0 radical (unpaired) electrons. The highest BCUT2D eigenvalue weighted by atomic mass is 19.3. The third-order valence-electron chi connectivity index (χ3n) is 3.57. The van der Waals surface area contributed by atoms with E-state index < -0.39 is 6.61 Å². The van der Waals surface area contributed by atoms with Gasteiger partial charge < -0.3 is 19.5 Å². The molecule has 22 heavy (non-hydrogen) atoms. The first kappa shape index (κ1) is 16.5. The minimum Gasteiger partial charge on any atom is -0.490 e. The van der Waals surface area contributed by atoms with Gasteiger partial charge in [0.25, 0.3) is 0 Å². The van der Waals surface area contributed by atoms with Crippen molar-refractivity contribution in [3.63, 3.8) is 0 Å². The molecule has 1 aromatic carbocycles. The van der Waals surface area contributed by atoms with Crippen molar-refractivity contribution in [2.75, 3.05) is 20.3 Å². The van der Waals surface area contributed by atoms with Crippen molar-refractivity contribution in [3.05, 3.63) is 23.8 Å². The summed E-state index contributed by atoms with van der Waals surface area (Å²) in [5.74, 6) is 0.0759. The molecule has 0 bridgehead atoms. The van der Waals surface area contributed by atoms with Crippen molar-refractivity contribution >= 4 is 5.97 Å². The van der Waals surface area contributed by atoms with Crippen molar-refractivity contribution in [2.45, 2.75) is 31.9 Å². The zero-order valence-electron chi connectivity index (χ0n) is 12.5. The maximum absolute atomic E-state index is 12.4. The zero-order chi connectivity index (χ0) is 16.1. The highest BCUT2D eigenvalue weighted by Crippen LogP contribution is 2.35. The van der Waals surface area contributed by atoms with Crippen LogP contribution in [0, 0.1) is 0 Å². The summed E-state index contributed by atoms with van der Waals surface area (Å²) in [6.07, 6.45) is 0.591. The minimum absolute atomic E-state index is 0.0103. The molecule has 0 aliphatic carbocycles. The van der Waals surface area contributed by atoms with Crippen LogP contribution < -0.4 is 14.8 Å². The van der Waals surface area contributed by atoms with E-state index in [9.17, 15) is 13.6 Å². The van der Waals surface area contributed by atoms with Crippen LogP contribution in [-0.2, 0) is 9.53 Å². The van der Waals surface area contributed by atoms with Gasteiger partial charge in [-0.25, -0.2) is 0 Å². The molecule has 1 heterocycles. The topological polar surface area (TPSA) is 56.8 Å². The fraction of sp³-hybridized carbons (Fsp3) is 0.533. The lowest BCUT2D eigenvalue weighted by atomic mass is 9.96. The fourth-order valence-electron chi connectivity index (χ4n) is 2.55. The summed E-state index contributed by atoms with van der Waals surface area (Å²) in [5, 5.41) is 3.09. The maximum atomic E-state index is 12.4. The van der Waals surface area contributed by atoms with Gasteiger partial charge in [-0.3, -0.25) is 4.79 Å². The van der Waals surface area contributed by atoms with Crippen molar-refractivity contribution in [2.24, 2.45) is 0 Å². The standard InChI is InChI=1S/C15H19F2NO4/c1-3-21-13-7-9(4-5-12(13)22-15(16)17)10-6-11(18-8-10)14(19)20-2/h4-5,7,10-11,15,18H,3,6,8H2,1-2H3/t10?,11-/m1/s1. The molecule has 1 aliphatic rings. The Labute approximate surface area is 127 Å². The van der Waals surface area contributed by atoms with E-state index in [1.54, 1.807) is 19.1 Å². The van der Waals surface area contributed by atoms with Crippen molar-refractivity contribution in [1.82, 2.24) is 5.32 Å². The van der Waals surface area contributed by atoms with E-state index in [-0.39, 0.29) is 29.4 Å². The summed E-state index contributed by atoms with van der Waals surface area (Å²) in [6, 6.07) is 4.53. The van der Waals surface area contributed by atoms with Crippen LogP contribution in [0.2, 0.25) is 0 Å². The summed E-state index contributed by atoms with van der Waals surface area (Å²) in [5.41, 5.74) is 0.906. The van der Waals surface area contributed by atoms with E-state index in [1.807, 2.05) is 0 Å². The Balaban J connectivity index is 2.15. The van der Waals surface area contributed by atoms with Crippen LogP contribution in [-0.4, -0.2) is 38.9 Å². The number of esters is 1. The molecule has 0 amide bonds. The summed E-state index contributed by atoms with van der Waals surface area (Å²) in [4.78, 5) is 11.5. The molecule has 5 nitrogen and oxygen atoms in total. The van der Waals surface area contributed by atoms with Gasteiger partial charge in [-0.1, -0.05) is 6.07 Å². The molecule has 1 N–H and O–H groups in total. The van der Waals surface area contributed by atoms with Crippen LogP contribution in [0.1, 0.15) is 24.8 Å². The second-order valence-electron chi connectivity index (χ2n) is 4.93. The summed E-state index contributed by atoms with van der Waals surface area (Å²) >= 11 is 0. The molecule has 1 aromatic rings. The SMILES string of the molecule is CCOc1cc(C2CN[C@@H](C(=O)OC)C2)ccc1OC(F)F. The first-order valence-electron chi connectivity index (χ1n) is 7.08. The lowest BCUT2D eigenvalue weighted by Gasteiger charge is -2.15. The van der Waals surface area contributed by atoms with Gasteiger partial charge in [0, 0.05) is 6.54 Å².